The molecule has 2 saturated heterocycles. The Morgan fingerprint density at radius 3 is 2.48 bits per heavy atom. The minimum absolute atomic E-state index is 0.0676. The Balaban J connectivity index is 1.29. The van der Waals surface area contributed by atoms with Gasteiger partial charge in [-0.05, 0) is 59.3 Å². The Kier molecular flexibility index (Phi) is 6.03. The number of rotatable bonds is 5. The molecule has 2 bridgehead atoms. The van der Waals surface area contributed by atoms with Crippen molar-refractivity contribution in [3.05, 3.63) is 35.6 Å². The summed E-state index contributed by atoms with van der Waals surface area (Å²) in [4.78, 5) is 30.0. The fourth-order valence-corrected chi connectivity index (χ4v) is 5.85. The Hall–Kier alpha value is -2.08. The minimum Gasteiger partial charge on any atom is -0.373 e. The van der Waals surface area contributed by atoms with E-state index in [1.807, 2.05) is 34.0 Å². The summed E-state index contributed by atoms with van der Waals surface area (Å²) in [6, 6.07) is 1.17. The smallest absolute Gasteiger partial charge is 0.249 e. The Bertz CT molecular complexity index is 808. The number of hydrogen-bond acceptors (Lipinski definition) is 4. The molecule has 3 unspecified atom stereocenters. The number of allylic oxidation sites excluding steroid dienone is 2. The highest BCUT2D eigenvalue weighted by molar-refractivity contribution is 5.95. The van der Waals surface area contributed by atoms with Gasteiger partial charge in [-0.15, -0.1) is 0 Å². The molecule has 6 heteroatoms. The van der Waals surface area contributed by atoms with Crippen LogP contribution in [0.3, 0.4) is 0 Å². The summed E-state index contributed by atoms with van der Waals surface area (Å²) in [7, 11) is 2.04. The van der Waals surface area contributed by atoms with E-state index in [4.69, 9.17) is 0 Å². The third kappa shape index (κ3) is 4.89. The molecule has 5 atom stereocenters. The zero-order valence-corrected chi connectivity index (χ0v) is 19.6. The van der Waals surface area contributed by atoms with Crippen LogP contribution in [0.4, 0.5) is 0 Å². The number of fused-ring (bicyclic) bond motifs is 3. The zero-order valence-electron chi connectivity index (χ0n) is 19.6. The molecular formula is C25H38N4O2. The van der Waals surface area contributed by atoms with Gasteiger partial charge in [0, 0.05) is 48.9 Å². The Morgan fingerprint density at radius 2 is 1.84 bits per heavy atom. The van der Waals surface area contributed by atoms with Gasteiger partial charge in [0.2, 0.25) is 11.8 Å². The van der Waals surface area contributed by atoms with Gasteiger partial charge in [-0.25, -0.2) is 0 Å². The van der Waals surface area contributed by atoms with Crippen molar-refractivity contribution in [3.63, 3.8) is 0 Å². The molecule has 2 fully saturated rings. The predicted molar refractivity (Wildman–Crippen MR) is 123 cm³/mol. The third-order valence-electron chi connectivity index (χ3n) is 7.17. The molecule has 31 heavy (non-hydrogen) atoms. The first kappa shape index (κ1) is 22.1. The second kappa shape index (κ2) is 8.45. The quantitative estimate of drug-likeness (QED) is 0.709. The maximum absolute atomic E-state index is 13.0. The first-order valence-electron chi connectivity index (χ1n) is 11.8. The average Bonchev–Trinajstić information content (AvgIpc) is 3.10. The van der Waals surface area contributed by atoms with Gasteiger partial charge in [0.25, 0.3) is 0 Å². The number of carbonyl (C=O) groups is 2. The number of amides is 2. The van der Waals surface area contributed by atoms with Crippen LogP contribution in [0.1, 0.15) is 53.4 Å². The number of piperidine rings is 1. The molecule has 2 N–H and O–H groups in total. The molecule has 3 aliphatic heterocycles. The first-order valence-corrected chi connectivity index (χ1v) is 11.8. The van der Waals surface area contributed by atoms with Gasteiger partial charge in [-0.2, -0.15) is 0 Å². The fraction of sp³-hybridized carbons (Fsp3) is 0.680. The lowest BCUT2D eigenvalue weighted by molar-refractivity contribution is -0.125. The molecule has 170 valence electrons. The normalized spacial score (nSPS) is 32.4. The molecule has 0 radical (unpaired) electrons. The Labute approximate surface area is 186 Å². The predicted octanol–water partition coefficient (Wildman–Crippen LogP) is 2.59. The number of carbonyl (C=O) groups excluding carboxylic acids is 2. The van der Waals surface area contributed by atoms with Gasteiger partial charge in [-0.3, -0.25) is 14.5 Å². The molecule has 6 nitrogen and oxygen atoms in total. The average molecular weight is 427 g/mol. The fourth-order valence-electron chi connectivity index (χ4n) is 5.85. The third-order valence-corrected chi connectivity index (χ3v) is 7.17. The topological polar surface area (TPSA) is 64.7 Å². The van der Waals surface area contributed by atoms with Crippen LogP contribution in [0.5, 0.6) is 0 Å². The summed E-state index contributed by atoms with van der Waals surface area (Å²) in [5, 5.41) is 6.32. The van der Waals surface area contributed by atoms with Crippen molar-refractivity contribution in [2.75, 3.05) is 20.1 Å². The van der Waals surface area contributed by atoms with Crippen molar-refractivity contribution in [2.45, 2.75) is 77.0 Å². The molecule has 3 heterocycles. The van der Waals surface area contributed by atoms with E-state index in [9.17, 15) is 9.59 Å². The van der Waals surface area contributed by atoms with Crippen molar-refractivity contribution >= 4 is 11.8 Å². The molecule has 2 amide bonds. The van der Waals surface area contributed by atoms with Crippen LogP contribution < -0.4 is 10.6 Å². The van der Waals surface area contributed by atoms with Gasteiger partial charge in [0.05, 0.1) is 12.6 Å². The number of hydrogen-bond donors (Lipinski definition) is 2. The van der Waals surface area contributed by atoms with E-state index in [2.05, 4.69) is 45.6 Å². The molecule has 4 rings (SSSR count). The van der Waals surface area contributed by atoms with Gasteiger partial charge in [-0.1, -0.05) is 23.8 Å². The van der Waals surface area contributed by atoms with E-state index >= 15 is 0 Å². The van der Waals surface area contributed by atoms with Crippen LogP contribution in [-0.2, 0) is 9.59 Å². The maximum atomic E-state index is 13.0. The minimum atomic E-state index is -0.192. The largest absolute Gasteiger partial charge is 0.373 e. The summed E-state index contributed by atoms with van der Waals surface area (Å²) >= 11 is 0. The molecule has 0 aromatic carbocycles. The van der Waals surface area contributed by atoms with E-state index in [-0.39, 0.29) is 29.3 Å². The van der Waals surface area contributed by atoms with Crippen LogP contribution in [0.15, 0.2) is 35.6 Å². The van der Waals surface area contributed by atoms with Crippen molar-refractivity contribution in [1.29, 1.82) is 0 Å². The monoisotopic (exact) mass is 426 g/mol. The standard InChI is InChI=1S/C25H38N4O2/c1-16-6-9-22-20(10-16)21(14-28(22)5)24(31)26-13-17-11-18-7-8-19(12-17)29(18)15-23(30)27-25(2,3)4/h6,9-10,14,17-20,22H,7-8,11-13,15H2,1-5H3,(H,26,31)(H,27,30)/t17-,18-,19?,20?,22?/m1/s1. The Morgan fingerprint density at radius 1 is 1.16 bits per heavy atom. The number of nitrogens with zero attached hydrogens (tertiary/aromatic N) is 2. The summed E-state index contributed by atoms with van der Waals surface area (Å²) in [5.41, 5.74) is 1.90. The van der Waals surface area contributed by atoms with Crippen molar-refractivity contribution < 1.29 is 9.59 Å². The summed E-state index contributed by atoms with van der Waals surface area (Å²) in [6.07, 6.45) is 13.0. The molecule has 0 aromatic heterocycles. The van der Waals surface area contributed by atoms with Gasteiger partial charge in [0.15, 0.2) is 0 Å². The second-order valence-corrected chi connectivity index (χ2v) is 10.9. The van der Waals surface area contributed by atoms with Crippen LogP contribution in [0.25, 0.3) is 0 Å². The molecule has 4 aliphatic rings. The van der Waals surface area contributed by atoms with E-state index in [1.165, 1.54) is 5.57 Å². The zero-order chi connectivity index (χ0) is 22.3. The molecule has 1 aliphatic carbocycles. The van der Waals surface area contributed by atoms with Gasteiger partial charge < -0.3 is 15.5 Å². The molecular weight excluding hydrogens is 388 g/mol. The lowest BCUT2D eigenvalue weighted by Crippen LogP contribution is -2.52. The summed E-state index contributed by atoms with van der Waals surface area (Å²) in [6.45, 7) is 9.38. The van der Waals surface area contributed by atoms with Crippen LogP contribution in [-0.4, -0.2) is 65.4 Å². The van der Waals surface area contributed by atoms with Crippen molar-refractivity contribution in [3.8, 4) is 0 Å². The highest BCUT2D eigenvalue weighted by Crippen LogP contribution is 2.38. The van der Waals surface area contributed by atoms with E-state index in [1.54, 1.807) is 0 Å². The lowest BCUT2D eigenvalue weighted by Gasteiger charge is -2.39. The SMILES string of the molecule is CC1=CC2C(C(=O)NC[C@H]3CC4CC[C@H](C3)N4CC(=O)NC(C)(C)C)=CN(C)C2C=C1. The van der Waals surface area contributed by atoms with E-state index < -0.39 is 0 Å². The highest BCUT2D eigenvalue weighted by Gasteiger charge is 2.42. The van der Waals surface area contributed by atoms with E-state index in [0.717, 1.165) is 37.8 Å². The highest BCUT2D eigenvalue weighted by atomic mass is 16.2. The van der Waals surface area contributed by atoms with Crippen LogP contribution in [0.2, 0.25) is 0 Å². The molecule has 0 aromatic rings. The number of nitrogens with one attached hydrogen (secondary N) is 2. The summed E-state index contributed by atoms with van der Waals surface area (Å²) < 4.78 is 0. The molecule has 0 spiro atoms. The van der Waals surface area contributed by atoms with E-state index in [0.29, 0.717) is 24.5 Å². The van der Waals surface area contributed by atoms with Gasteiger partial charge in [0.1, 0.15) is 0 Å². The van der Waals surface area contributed by atoms with Crippen LogP contribution >= 0.6 is 0 Å². The lowest BCUT2D eigenvalue weighted by atomic mass is 9.87. The second-order valence-electron chi connectivity index (χ2n) is 10.9. The maximum Gasteiger partial charge on any atom is 0.249 e. The summed E-state index contributed by atoms with van der Waals surface area (Å²) in [5.74, 6) is 0.822. The van der Waals surface area contributed by atoms with Crippen molar-refractivity contribution in [1.82, 2.24) is 20.4 Å². The van der Waals surface area contributed by atoms with Gasteiger partial charge >= 0.3 is 0 Å². The first-order chi connectivity index (χ1) is 14.6. The van der Waals surface area contributed by atoms with Crippen molar-refractivity contribution in [2.24, 2.45) is 11.8 Å². The molecule has 0 saturated carbocycles. The number of likely N-dealkylation sites (N-methyl/N-ethyl adjacent to an activating group) is 1. The van der Waals surface area contributed by atoms with Crippen LogP contribution in [0, 0.1) is 11.8 Å².